The summed E-state index contributed by atoms with van der Waals surface area (Å²) in [7, 11) is 0. The zero-order chi connectivity index (χ0) is 13.3. The first-order chi connectivity index (χ1) is 8.40. The molecule has 0 amide bonds. The Balaban J connectivity index is 2.41. The van der Waals surface area contributed by atoms with E-state index in [1.165, 1.54) is 9.09 Å². The normalized spacial score (nSPS) is 12.3. The van der Waals surface area contributed by atoms with Gasteiger partial charge in [0.2, 0.25) is 0 Å². The second kappa shape index (κ2) is 5.37. The summed E-state index contributed by atoms with van der Waals surface area (Å²) in [6.07, 6.45) is 1.12. The number of alkyl halides is 1. The highest BCUT2D eigenvalue weighted by Crippen LogP contribution is 2.24. The predicted octanol–water partition coefficient (Wildman–Crippen LogP) is 4.82. The van der Waals surface area contributed by atoms with E-state index in [1.807, 2.05) is 0 Å². The Kier molecular flexibility index (Phi) is 4.22. The fraction of sp³-hybridized carbons (Fsp3) is 0.500. The quantitative estimate of drug-likeness (QED) is 0.555. The average Bonchev–Trinajstić information content (AvgIpc) is 2.62. The molecule has 18 heavy (non-hydrogen) atoms. The molecule has 4 heteroatoms. The minimum Gasteiger partial charge on any atom is -0.327 e. The summed E-state index contributed by atoms with van der Waals surface area (Å²) in [6.45, 7) is 7.75. The van der Waals surface area contributed by atoms with Crippen molar-refractivity contribution in [1.29, 1.82) is 0 Å². The molecule has 0 saturated carbocycles. The van der Waals surface area contributed by atoms with Gasteiger partial charge in [0.1, 0.15) is 5.82 Å². The molecular weight excluding hydrogens is 359 g/mol. The Bertz CT molecular complexity index is 555. The van der Waals surface area contributed by atoms with E-state index < -0.39 is 0 Å². The lowest BCUT2D eigenvalue weighted by Gasteiger charge is -2.19. The molecule has 0 spiro atoms. The van der Waals surface area contributed by atoms with Gasteiger partial charge < -0.3 is 4.57 Å². The molecule has 0 saturated heterocycles. The van der Waals surface area contributed by atoms with Crippen LogP contribution in [0.1, 0.15) is 33.0 Å². The van der Waals surface area contributed by atoms with Crippen LogP contribution in [0.25, 0.3) is 11.0 Å². The van der Waals surface area contributed by atoms with E-state index in [1.54, 1.807) is 0 Å². The van der Waals surface area contributed by atoms with Crippen LogP contribution in [0.15, 0.2) is 18.2 Å². The van der Waals surface area contributed by atoms with Crippen molar-refractivity contribution in [2.75, 3.05) is 0 Å². The minimum absolute atomic E-state index is 0.323. The van der Waals surface area contributed by atoms with Crippen molar-refractivity contribution in [3.63, 3.8) is 0 Å². The van der Waals surface area contributed by atoms with Crippen LogP contribution in [0.3, 0.4) is 0 Å². The molecule has 2 rings (SSSR count). The lowest BCUT2D eigenvalue weighted by atomic mass is 9.92. The van der Waals surface area contributed by atoms with Crippen LogP contribution in [0, 0.1) is 8.99 Å². The number of benzene rings is 1. The molecule has 1 heterocycles. The van der Waals surface area contributed by atoms with Crippen LogP contribution in [0.5, 0.6) is 0 Å². The maximum absolute atomic E-state index is 6.01. The number of nitrogens with zero attached hydrogens (tertiary/aromatic N) is 2. The Hall–Kier alpha value is -0.290. The lowest BCUT2D eigenvalue weighted by Crippen LogP contribution is -2.11. The van der Waals surface area contributed by atoms with Crippen LogP contribution >= 0.6 is 34.2 Å². The number of imidazole rings is 1. The van der Waals surface area contributed by atoms with Crippen LogP contribution in [-0.4, -0.2) is 9.55 Å². The number of hydrogen-bond acceptors (Lipinski definition) is 1. The number of fused-ring (bicyclic) bond motifs is 1. The molecule has 0 aliphatic rings. The average molecular weight is 377 g/mol. The maximum Gasteiger partial charge on any atom is 0.124 e. The maximum atomic E-state index is 6.01. The van der Waals surface area contributed by atoms with Gasteiger partial charge in [-0.05, 0) is 52.6 Å². The van der Waals surface area contributed by atoms with Crippen molar-refractivity contribution in [2.45, 2.75) is 39.6 Å². The number of rotatable bonds is 3. The van der Waals surface area contributed by atoms with E-state index >= 15 is 0 Å². The third-order valence-electron chi connectivity index (χ3n) is 2.99. The highest BCUT2D eigenvalue weighted by Gasteiger charge is 2.14. The zero-order valence-electron chi connectivity index (χ0n) is 11.0. The van der Waals surface area contributed by atoms with Gasteiger partial charge in [0.25, 0.3) is 0 Å². The molecule has 0 aliphatic heterocycles. The molecule has 98 valence electrons. The summed E-state index contributed by atoms with van der Waals surface area (Å²) in [6, 6.07) is 6.37. The smallest absolute Gasteiger partial charge is 0.124 e. The van der Waals surface area contributed by atoms with Crippen LogP contribution < -0.4 is 0 Å². The molecule has 1 aromatic carbocycles. The molecule has 0 N–H and O–H groups in total. The van der Waals surface area contributed by atoms with Crippen molar-refractivity contribution in [3.05, 3.63) is 27.6 Å². The number of hydrogen-bond donors (Lipinski definition) is 0. The van der Waals surface area contributed by atoms with Gasteiger partial charge in [0.15, 0.2) is 0 Å². The topological polar surface area (TPSA) is 17.8 Å². The summed E-state index contributed by atoms with van der Waals surface area (Å²) in [5, 5.41) is 0. The van der Waals surface area contributed by atoms with E-state index in [0.29, 0.717) is 11.3 Å². The van der Waals surface area contributed by atoms with Crippen molar-refractivity contribution >= 4 is 45.2 Å². The fourth-order valence-electron chi connectivity index (χ4n) is 1.95. The first kappa shape index (κ1) is 14.1. The Morgan fingerprint density at radius 3 is 2.67 bits per heavy atom. The third kappa shape index (κ3) is 3.18. The third-order valence-corrected chi connectivity index (χ3v) is 3.90. The Labute approximate surface area is 127 Å². The highest BCUT2D eigenvalue weighted by atomic mass is 127. The fourth-order valence-corrected chi connectivity index (χ4v) is 2.63. The SMILES string of the molecule is CC(C)(C)CCn1c(CCl)nc2cc(I)ccc21. The summed E-state index contributed by atoms with van der Waals surface area (Å²) >= 11 is 8.32. The Morgan fingerprint density at radius 1 is 1.33 bits per heavy atom. The first-order valence-electron chi connectivity index (χ1n) is 6.11. The standard InChI is InChI=1S/C14H18ClIN2/c1-14(2,3)6-7-18-12-5-4-10(16)8-11(12)17-13(18)9-15/h4-5,8H,6-7,9H2,1-3H3. The van der Waals surface area contributed by atoms with E-state index in [0.717, 1.165) is 24.3 Å². The molecule has 0 bridgehead atoms. The van der Waals surface area contributed by atoms with Gasteiger partial charge in [0.05, 0.1) is 16.9 Å². The van der Waals surface area contributed by atoms with Crippen molar-refractivity contribution in [3.8, 4) is 0 Å². The van der Waals surface area contributed by atoms with E-state index in [9.17, 15) is 0 Å². The van der Waals surface area contributed by atoms with Crippen molar-refractivity contribution in [2.24, 2.45) is 5.41 Å². The van der Waals surface area contributed by atoms with Gasteiger partial charge in [-0.1, -0.05) is 20.8 Å². The zero-order valence-corrected chi connectivity index (χ0v) is 13.9. The summed E-state index contributed by atoms with van der Waals surface area (Å²) in [4.78, 5) is 4.62. The molecule has 0 fully saturated rings. The highest BCUT2D eigenvalue weighted by molar-refractivity contribution is 14.1. The molecule has 2 aromatic rings. The van der Waals surface area contributed by atoms with E-state index in [2.05, 4.69) is 71.1 Å². The molecule has 2 nitrogen and oxygen atoms in total. The first-order valence-corrected chi connectivity index (χ1v) is 7.73. The van der Waals surface area contributed by atoms with Crippen LogP contribution in [0.2, 0.25) is 0 Å². The van der Waals surface area contributed by atoms with Crippen molar-refractivity contribution < 1.29 is 0 Å². The number of aromatic nitrogens is 2. The summed E-state index contributed by atoms with van der Waals surface area (Å²) in [5.74, 6) is 1.44. The Morgan fingerprint density at radius 2 is 2.06 bits per heavy atom. The second-order valence-corrected chi connectivity index (χ2v) is 7.27. The van der Waals surface area contributed by atoms with Crippen LogP contribution in [0.4, 0.5) is 0 Å². The van der Waals surface area contributed by atoms with Crippen molar-refractivity contribution in [1.82, 2.24) is 9.55 Å². The molecule has 0 radical (unpaired) electrons. The van der Waals surface area contributed by atoms with Gasteiger partial charge in [-0.15, -0.1) is 11.6 Å². The molecule has 0 aliphatic carbocycles. The second-order valence-electron chi connectivity index (χ2n) is 5.76. The largest absolute Gasteiger partial charge is 0.327 e. The predicted molar refractivity (Wildman–Crippen MR) is 86.1 cm³/mol. The van der Waals surface area contributed by atoms with Gasteiger partial charge in [-0.25, -0.2) is 4.98 Å². The monoisotopic (exact) mass is 376 g/mol. The van der Waals surface area contributed by atoms with E-state index in [-0.39, 0.29) is 0 Å². The van der Waals surface area contributed by atoms with E-state index in [4.69, 9.17) is 11.6 Å². The number of halogens is 2. The van der Waals surface area contributed by atoms with Gasteiger partial charge in [-0.2, -0.15) is 0 Å². The molecule has 0 unspecified atom stereocenters. The summed E-state index contributed by atoms with van der Waals surface area (Å²) in [5.41, 5.74) is 2.56. The van der Waals surface area contributed by atoms with Gasteiger partial charge in [-0.3, -0.25) is 0 Å². The van der Waals surface area contributed by atoms with Gasteiger partial charge in [0, 0.05) is 10.1 Å². The molecular formula is C14H18ClIN2. The lowest BCUT2D eigenvalue weighted by molar-refractivity contribution is 0.351. The molecule has 0 atom stereocenters. The van der Waals surface area contributed by atoms with Gasteiger partial charge >= 0.3 is 0 Å². The minimum atomic E-state index is 0.323. The molecule has 1 aromatic heterocycles. The number of aryl methyl sites for hydroxylation is 1. The summed E-state index contributed by atoms with van der Waals surface area (Å²) < 4.78 is 3.46. The van der Waals surface area contributed by atoms with Crippen LogP contribution in [-0.2, 0) is 12.4 Å².